The zero-order valence-electron chi connectivity index (χ0n) is 11.6. The van der Waals surface area contributed by atoms with Crippen molar-refractivity contribution in [1.82, 2.24) is 0 Å². The third-order valence-corrected chi connectivity index (χ3v) is 5.12. The lowest BCUT2D eigenvalue weighted by Crippen LogP contribution is -2.38. The van der Waals surface area contributed by atoms with Crippen molar-refractivity contribution >= 4 is 17.4 Å². The van der Waals surface area contributed by atoms with Crippen LogP contribution in [0.5, 0.6) is 0 Å². The molecule has 1 heterocycles. The van der Waals surface area contributed by atoms with E-state index in [1.54, 1.807) is 24.3 Å². The molecular formula is C17H17NO3. The van der Waals surface area contributed by atoms with Crippen LogP contribution >= 0.6 is 0 Å². The van der Waals surface area contributed by atoms with E-state index in [0.29, 0.717) is 23.1 Å². The molecule has 1 amide bonds. The molecule has 4 rings (SSSR count). The molecule has 1 saturated carbocycles. The molecule has 108 valence electrons. The van der Waals surface area contributed by atoms with Gasteiger partial charge in [-0.2, -0.15) is 0 Å². The summed E-state index contributed by atoms with van der Waals surface area (Å²) >= 11 is 0. The summed E-state index contributed by atoms with van der Waals surface area (Å²) in [5.41, 5.74) is -0.591. The molecule has 2 bridgehead atoms. The van der Waals surface area contributed by atoms with Crippen LogP contribution in [0.15, 0.2) is 36.4 Å². The highest BCUT2D eigenvalue weighted by Crippen LogP contribution is 2.46. The van der Waals surface area contributed by atoms with E-state index >= 15 is 0 Å². The van der Waals surface area contributed by atoms with Gasteiger partial charge in [-0.05, 0) is 30.7 Å². The molecule has 1 aromatic carbocycles. The molecular weight excluding hydrogens is 266 g/mol. The molecule has 1 aromatic rings. The van der Waals surface area contributed by atoms with Crippen LogP contribution in [0.4, 0.5) is 5.69 Å². The lowest BCUT2D eigenvalue weighted by molar-refractivity contribution is -0.141. The third kappa shape index (κ3) is 1.79. The number of rotatable bonds is 3. The van der Waals surface area contributed by atoms with Crippen molar-refractivity contribution in [3.63, 3.8) is 0 Å². The van der Waals surface area contributed by atoms with E-state index < -0.39 is 11.5 Å². The average Bonchev–Trinajstić information content (AvgIpc) is 3.15. The number of carbonyl (C=O) groups is 2. The van der Waals surface area contributed by atoms with E-state index in [1.807, 2.05) is 0 Å². The third-order valence-electron chi connectivity index (χ3n) is 5.12. The van der Waals surface area contributed by atoms with E-state index in [4.69, 9.17) is 0 Å². The summed E-state index contributed by atoms with van der Waals surface area (Å²) in [6.07, 6.45) is 6.07. The standard InChI is InChI=1S/C17H17NO3/c19-15(12-8-10-5-6-11(12)7-10)9-17(21)13-3-1-2-4-14(13)18-16(17)20/h1-6,10-12,21H,7-9H2,(H,18,20). The van der Waals surface area contributed by atoms with Gasteiger partial charge in [0, 0.05) is 23.6 Å². The Kier molecular flexibility index (Phi) is 2.60. The van der Waals surface area contributed by atoms with E-state index in [9.17, 15) is 14.7 Å². The first-order chi connectivity index (χ1) is 10.1. The number of benzene rings is 1. The fraction of sp³-hybridized carbons (Fsp3) is 0.412. The van der Waals surface area contributed by atoms with Gasteiger partial charge in [0.25, 0.3) is 5.91 Å². The molecule has 1 fully saturated rings. The predicted molar refractivity (Wildman–Crippen MR) is 77.4 cm³/mol. The number of allylic oxidation sites excluding steroid dienone is 2. The van der Waals surface area contributed by atoms with Crippen LogP contribution in [0, 0.1) is 17.8 Å². The number of nitrogens with one attached hydrogen (secondary N) is 1. The maximum atomic E-state index is 12.6. The van der Waals surface area contributed by atoms with Crippen molar-refractivity contribution in [2.24, 2.45) is 17.8 Å². The number of Topliss-reactive ketones (excluding diaryl/α,β-unsaturated/α-hetero) is 1. The molecule has 4 atom stereocenters. The Bertz CT molecular complexity index is 666. The molecule has 2 aliphatic carbocycles. The van der Waals surface area contributed by atoms with E-state index in [0.717, 1.165) is 12.8 Å². The zero-order valence-corrected chi connectivity index (χ0v) is 11.6. The van der Waals surface area contributed by atoms with Crippen LogP contribution in [0.3, 0.4) is 0 Å². The number of hydrogen-bond donors (Lipinski definition) is 2. The molecule has 4 heteroatoms. The molecule has 21 heavy (non-hydrogen) atoms. The van der Waals surface area contributed by atoms with Crippen LogP contribution in [0.25, 0.3) is 0 Å². The normalized spacial score (nSPS) is 35.9. The molecule has 4 nitrogen and oxygen atoms in total. The van der Waals surface area contributed by atoms with Crippen molar-refractivity contribution in [3.8, 4) is 0 Å². The number of hydrogen-bond acceptors (Lipinski definition) is 3. The van der Waals surface area contributed by atoms with Crippen LogP contribution in [0.2, 0.25) is 0 Å². The largest absolute Gasteiger partial charge is 0.375 e. The Morgan fingerprint density at radius 1 is 1.29 bits per heavy atom. The Morgan fingerprint density at radius 2 is 2.10 bits per heavy atom. The summed E-state index contributed by atoms with van der Waals surface area (Å²) in [7, 11) is 0. The second-order valence-corrected chi connectivity index (χ2v) is 6.39. The lowest BCUT2D eigenvalue weighted by atomic mass is 9.81. The van der Waals surface area contributed by atoms with E-state index in [-0.39, 0.29) is 18.1 Å². The number of anilines is 1. The van der Waals surface area contributed by atoms with Crippen molar-refractivity contribution in [3.05, 3.63) is 42.0 Å². The fourth-order valence-electron chi connectivity index (χ4n) is 4.01. The van der Waals surface area contributed by atoms with Crippen LogP contribution < -0.4 is 5.32 Å². The van der Waals surface area contributed by atoms with Gasteiger partial charge >= 0.3 is 0 Å². The average molecular weight is 283 g/mol. The lowest BCUT2D eigenvalue weighted by Gasteiger charge is -2.24. The van der Waals surface area contributed by atoms with Gasteiger partial charge in [0.1, 0.15) is 5.78 Å². The summed E-state index contributed by atoms with van der Waals surface area (Å²) in [6.45, 7) is 0. The maximum Gasteiger partial charge on any atom is 0.261 e. The molecule has 4 unspecified atom stereocenters. The van der Waals surface area contributed by atoms with Gasteiger partial charge in [-0.15, -0.1) is 0 Å². The van der Waals surface area contributed by atoms with Gasteiger partial charge in [0.2, 0.25) is 0 Å². The molecule has 0 aromatic heterocycles. The molecule has 3 aliphatic rings. The maximum absolute atomic E-state index is 12.6. The molecule has 0 saturated heterocycles. The first kappa shape index (κ1) is 12.8. The number of aliphatic hydroxyl groups is 1. The number of ketones is 1. The number of amides is 1. The Balaban J connectivity index is 1.60. The highest BCUT2D eigenvalue weighted by molar-refractivity contribution is 6.07. The quantitative estimate of drug-likeness (QED) is 0.834. The molecule has 1 aliphatic heterocycles. The Hall–Kier alpha value is -1.94. The topological polar surface area (TPSA) is 66.4 Å². The van der Waals surface area contributed by atoms with Crippen molar-refractivity contribution < 1.29 is 14.7 Å². The minimum absolute atomic E-state index is 0.00111. The van der Waals surface area contributed by atoms with Gasteiger partial charge in [0.05, 0.1) is 0 Å². The second kappa shape index (κ2) is 4.28. The van der Waals surface area contributed by atoms with Gasteiger partial charge in [-0.3, -0.25) is 9.59 Å². The monoisotopic (exact) mass is 283 g/mol. The number of para-hydroxylation sites is 1. The van der Waals surface area contributed by atoms with Crippen molar-refractivity contribution in [1.29, 1.82) is 0 Å². The zero-order chi connectivity index (χ0) is 14.6. The smallest absolute Gasteiger partial charge is 0.261 e. The van der Waals surface area contributed by atoms with E-state index in [2.05, 4.69) is 17.5 Å². The first-order valence-corrected chi connectivity index (χ1v) is 7.42. The SMILES string of the molecule is O=C(CC1(O)C(=O)Nc2ccccc21)C1CC2C=CC1C2. The van der Waals surface area contributed by atoms with Crippen LogP contribution in [-0.4, -0.2) is 16.8 Å². The highest BCUT2D eigenvalue weighted by atomic mass is 16.3. The van der Waals surface area contributed by atoms with Crippen molar-refractivity contribution in [2.45, 2.75) is 24.9 Å². The van der Waals surface area contributed by atoms with Gasteiger partial charge < -0.3 is 10.4 Å². The fourth-order valence-corrected chi connectivity index (χ4v) is 4.01. The number of carbonyl (C=O) groups excluding carboxylic acids is 2. The summed E-state index contributed by atoms with van der Waals surface area (Å²) in [5.74, 6) is 0.274. The van der Waals surface area contributed by atoms with Crippen LogP contribution in [-0.2, 0) is 15.2 Å². The summed E-state index contributed by atoms with van der Waals surface area (Å²) in [6, 6.07) is 7.03. The number of fused-ring (bicyclic) bond motifs is 3. The summed E-state index contributed by atoms with van der Waals surface area (Å²) < 4.78 is 0. The van der Waals surface area contributed by atoms with Gasteiger partial charge in [-0.1, -0.05) is 30.4 Å². The molecule has 0 spiro atoms. The van der Waals surface area contributed by atoms with Gasteiger partial charge in [-0.25, -0.2) is 0 Å². The molecule has 0 radical (unpaired) electrons. The summed E-state index contributed by atoms with van der Waals surface area (Å²) in [4.78, 5) is 24.7. The van der Waals surface area contributed by atoms with Gasteiger partial charge in [0.15, 0.2) is 5.60 Å². The van der Waals surface area contributed by atoms with Crippen molar-refractivity contribution in [2.75, 3.05) is 5.32 Å². The first-order valence-electron chi connectivity index (χ1n) is 7.42. The highest BCUT2D eigenvalue weighted by Gasteiger charge is 2.49. The molecule has 2 N–H and O–H groups in total. The van der Waals surface area contributed by atoms with E-state index in [1.165, 1.54) is 0 Å². The predicted octanol–water partition coefficient (Wildman–Crippen LogP) is 2.00. The minimum Gasteiger partial charge on any atom is -0.375 e. The Labute approximate surface area is 122 Å². The Morgan fingerprint density at radius 3 is 2.81 bits per heavy atom. The van der Waals surface area contributed by atoms with Crippen LogP contribution in [0.1, 0.15) is 24.8 Å². The summed E-state index contributed by atoms with van der Waals surface area (Å²) in [5, 5.41) is 13.4. The minimum atomic E-state index is -1.71. The second-order valence-electron chi connectivity index (χ2n) is 6.39.